The highest BCUT2D eigenvalue weighted by molar-refractivity contribution is 7.11. The van der Waals surface area contributed by atoms with Gasteiger partial charge in [0.15, 0.2) is 22.4 Å². The molecule has 0 bridgehead atoms. The number of aromatic amines is 4. The lowest BCUT2D eigenvalue weighted by Gasteiger charge is -2.34. The molecule has 0 spiro atoms. The number of hydrogen-bond donors (Lipinski definition) is 8. The topological polar surface area (TPSA) is 408 Å². The zero-order valence-corrected chi connectivity index (χ0v) is 74.3. The lowest BCUT2D eigenvalue weighted by Crippen LogP contribution is -2.41. The van der Waals surface area contributed by atoms with E-state index >= 15 is 0 Å². The molecule has 4 saturated carbocycles. The standard InChI is InChI=1S/C26H28N4O3.C24H25N5O3.C24H21N5O2S.C22H19N5O2S2/c1-14-6-4-7-21(27-14)26(31,22-8-5-11-32-22)19-12-18(23-15(2)30-33-16(23)3)13-20-24(19)29-25(28-20)17-9-10-17;1-13-21(14(2)32-29-13)16-11-17(22-18(12-16)26-23(27-22)15-7-8-15)24(30,20-6-4-10-31-20)19-5-3-9-25-28-19;1-13-20(14(2)31-29-13)16-11-17(21-18(12-16)27-22(28-21)15-6-7-15)24(30,23-26-9-10-32-23)19-5-3-4-8-25-19;1-11-17(12(2)29-27-11)14-9-15(18-16(10-14)25-19(26-18)13-3-4-13)22(28,20-23-5-7-30-20)21-24-6-8-31-21/h4,6-7,12-13,17,22,31H,5,8-11H2,1-3H3,(H,28,29);3,5,9,11-12,15,20,30H,4,6-8,10H2,1-2H3,(H,26,27);3-5,8-12,15,30H,6-7H2,1-2H3,(H,27,28);5-10,13,28H,3-4H2,1-2H3,(H,25,26). The molecule has 24 rings (SSSR count). The maximum absolute atomic E-state index is 12.5. The van der Waals surface area contributed by atoms with Crippen LogP contribution in [0.4, 0.5) is 0 Å². The minimum absolute atomic E-state index is 0.406. The summed E-state index contributed by atoms with van der Waals surface area (Å²) in [5.74, 6) is 8.61. The molecule has 6 fully saturated rings. The molecule has 0 amide bonds. The number of H-pyrrole nitrogens is 4. The van der Waals surface area contributed by atoms with Crippen molar-refractivity contribution in [3.8, 4) is 44.5 Å². The van der Waals surface area contributed by atoms with Crippen LogP contribution in [0.25, 0.3) is 88.6 Å². The van der Waals surface area contributed by atoms with Crippen molar-refractivity contribution >= 4 is 78.1 Å². The number of hydrogen-bond acceptors (Lipinski definition) is 28. The first kappa shape index (κ1) is 82.6. The fraction of sp³-hybridized carbons (Fsp3) is 0.344. The summed E-state index contributed by atoms with van der Waals surface area (Å²) in [5.41, 5.74) is 16.1. The zero-order chi connectivity index (χ0) is 87.6. The lowest BCUT2D eigenvalue weighted by atomic mass is 9.81. The van der Waals surface area contributed by atoms with Gasteiger partial charge in [-0.05, 0) is 247 Å². The second kappa shape index (κ2) is 32.7. The molecule has 128 heavy (non-hydrogen) atoms. The fourth-order valence-electron chi connectivity index (χ4n) is 18.5. The summed E-state index contributed by atoms with van der Waals surface area (Å²) < 4.78 is 33.9. The van der Waals surface area contributed by atoms with Gasteiger partial charge in [0, 0.05) is 134 Å². The summed E-state index contributed by atoms with van der Waals surface area (Å²) in [6.45, 7) is 18.5. The van der Waals surface area contributed by atoms with E-state index in [0.717, 1.165) is 240 Å². The molecule has 29 nitrogen and oxygen atoms in total. The van der Waals surface area contributed by atoms with Crippen molar-refractivity contribution in [1.82, 2.24) is 95.6 Å². The van der Waals surface area contributed by atoms with Crippen LogP contribution in [0.2, 0.25) is 0 Å². The van der Waals surface area contributed by atoms with E-state index in [1.165, 1.54) is 34.0 Å². The van der Waals surface area contributed by atoms with Crippen molar-refractivity contribution in [2.75, 3.05) is 13.2 Å². The smallest absolute Gasteiger partial charge is 0.195 e. The van der Waals surface area contributed by atoms with Crippen molar-refractivity contribution in [3.05, 3.63) is 273 Å². The van der Waals surface area contributed by atoms with Crippen molar-refractivity contribution in [2.45, 2.75) is 198 Å². The quantitative estimate of drug-likeness (QED) is 0.0351. The van der Waals surface area contributed by atoms with E-state index in [4.69, 9.17) is 52.5 Å². The molecule has 18 aromatic rings. The van der Waals surface area contributed by atoms with Gasteiger partial charge in [-0.15, -0.1) is 34.0 Å². The summed E-state index contributed by atoms with van der Waals surface area (Å²) in [4.78, 5) is 56.5. The SMILES string of the molecule is Cc1cccc(C(O)(c2cc(-c3c(C)noc3C)cc3[nH]c(C4CC4)nc23)C2CCCO2)n1.Cc1noc(C)c1-c1cc(C(O)(c2ccccn2)c2nccs2)c2nc(C3CC3)[nH]c2c1.Cc1noc(C)c1-c1cc(C(O)(c2cccnn2)C2CCCO2)c2nc(C3CC3)[nH]c2c1.Cc1noc(C)c1-c1cc(C(O)(c2nccs2)c2nccs2)c2nc(C3CC3)[nH]c2c1. The molecule has 14 aromatic heterocycles. The summed E-state index contributed by atoms with van der Waals surface area (Å²) in [6.07, 6.45) is 19.9. The highest BCUT2D eigenvalue weighted by Gasteiger charge is 2.50. The van der Waals surface area contributed by atoms with Gasteiger partial charge in [0.05, 0.1) is 90.5 Å². The Hall–Kier alpha value is -12.4. The maximum Gasteiger partial charge on any atom is 0.195 e. The number of aliphatic hydroxyl groups is 4. The molecular formula is C96H93N19O10S3. The van der Waals surface area contributed by atoms with Crippen LogP contribution in [0.3, 0.4) is 0 Å². The third kappa shape index (κ3) is 14.7. The van der Waals surface area contributed by atoms with E-state index in [1.54, 1.807) is 43.1 Å². The van der Waals surface area contributed by atoms with Gasteiger partial charge in [-0.2, -0.15) is 10.2 Å². The minimum Gasteiger partial charge on any atom is -0.376 e. The predicted octanol–water partition coefficient (Wildman–Crippen LogP) is 18.5. The van der Waals surface area contributed by atoms with Gasteiger partial charge in [-0.1, -0.05) is 32.8 Å². The molecule has 650 valence electrons. The third-order valence-corrected chi connectivity index (χ3v) is 28.1. The van der Waals surface area contributed by atoms with Gasteiger partial charge in [-0.3, -0.25) is 9.97 Å². The Morgan fingerprint density at radius 2 is 0.711 bits per heavy atom. The molecule has 4 aromatic carbocycles. The molecule has 16 heterocycles. The van der Waals surface area contributed by atoms with Crippen LogP contribution in [0.15, 0.2) is 162 Å². The van der Waals surface area contributed by atoms with Crippen LogP contribution in [0.1, 0.15) is 230 Å². The van der Waals surface area contributed by atoms with Crippen LogP contribution in [-0.2, 0) is 31.9 Å². The summed E-state index contributed by atoms with van der Waals surface area (Å²) in [5, 5.41) is 81.6. The van der Waals surface area contributed by atoms with E-state index in [9.17, 15) is 20.4 Å². The van der Waals surface area contributed by atoms with Crippen molar-refractivity contribution in [1.29, 1.82) is 0 Å². The molecular weight excluding hydrogens is 1680 g/mol. The monoisotopic (exact) mass is 1770 g/mol. The normalized spacial score (nSPS) is 17.9. The highest BCUT2D eigenvalue weighted by Crippen LogP contribution is 2.52. The molecule has 6 aliphatic rings. The molecule has 0 radical (unpaired) electrons. The number of rotatable bonds is 20. The van der Waals surface area contributed by atoms with E-state index in [-0.39, 0.29) is 0 Å². The van der Waals surface area contributed by atoms with E-state index in [0.29, 0.717) is 91.2 Å². The highest BCUT2D eigenvalue weighted by atomic mass is 32.1. The Morgan fingerprint density at radius 1 is 0.352 bits per heavy atom. The first-order valence-corrected chi connectivity index (χ1v) is 46.1. The number of benzene rings is 4. The second-order valence-corrected chi connectivity index (χ2v) is 37.2. The molecule has 5 unspecified atom stereocenters. The van der Waals surface area contributed by atoms with Gasteiger partial charge >= 0.3 is 0 Å². The number of aryl methyl sites for hydroxylation is 9. The number of thiazole rings is 3. The van der Waals surface area contributed by atoms with Crippen LogP contribution in [0.5, 0.6) is 0 Å². The number of fused-ring (bicyclic) bond motifs is 4. The Balaban J connectivity index is 0.000000104. The first-order valence-electron chi connectivity index (χ1n) is 43.5. The Morgan fingerprint density at radius 3 is 1.03 bits per heavy atom. The number of pyridine rings is 2. The first-order chi connectivity index (χ1) is 62.1. The molecule has 4 aliphatic carbocycles. The number of imidazole rings is 4. The molecule has 2 aliphatic heterocycles. The average molecular weight is 1770 g/mol. The molecule has 32 heteroatoms. The molecule has 2 saturated heterocycles. The number of nitrogens with zero attached hydrogens (tertiary/aromatic N) is 15. The van der Waals surface area contributed by atoms with Crippen LogP contribution < -0.4 is 0 Å². The number of ether oxygens (including phenoxy) is 2. The van der Waals surface area contributed by atoms with Crippen molar-refractivity contribution in [3.63, 3.8) is 0 Å². The molecule has 5 atom stereocenters. The van der Waals surface area contributed by atoms with Gasteiger partial charge < -0.3 is 67.9 Å². The Kier molecular flexibility index (Phi) is 21.1. The van der Waals surface area contributed by atoms with Crippen molar-refractivity contribution < 1.29 is 48.0 Å². The van der Waals surface area contributed by atoms with E-state index in [2.05, 4.69) is 95.0 Å². The average Bonchev–Trinajstić information content (AvgIpc) is 1.49. The summed E-state index contributed by atoms with van der Waals surface area (Å²) in [6, 6.07) is 31.1. The predicted molar refractivity (Wildman–Crippen MR) is 482 cm³/mol. The third-order valence-electron chi connectivity index (χ3n) is 25.5. The number of nitrogens with one attached hydrogen (secondary N) is 4. The van der Waals surface area contributed by atoms with Crippen molar-refractivity contribution in [2.24, 2.45) is 0 Å². The Bertz CT molecular complexity index is 7020. The maximum atomic E-state index is 12.5. The summed E-state index contributed by atoms with van der Waals surface area (Å²) >= 11 is 4.20. The van der Waals surface area contributed by atoms with Gasteiger partial charge in [0.2, 0.25) is 0 Å². The van der Waals surface area contributed by atoms with Gasteiger partial charge in [-0.25, -0.2) is 34.9 Å². The van der Waals surface area contributed by atoms with E-state index in [1.807, 2.05) is 139 Å². The lowest BCUT2D eigenvalue weighted by molar-refractivity contribution is -0.0641. The fourth-order valence-corrected chi connectivity index (χ4v) is 20.9. The van der Waals surface area contributed by atoms with Crippen LogP contribution in [-0.4, -0.2) is 141 Å². The minimum atomic E-state index is -1.56. The Labute approximate surface area is 745 Å². The summed E-state index contributed by atoms with van der Waals surface area (Å²) in [7, 11) is 0. The van der Waals surface area contributed by atoms with Crippen LogP contribution >= 0.6 is 34.0 Å². The molecule has 8 N–H and O–H groups in total. The van der Waals surface area contributed by atoms with Gasteiger partial charge in [0.25, 0.3) is 0 Å². The second-order valence-electron chi connectivity index (χ2n) is 34.5. The van der Waals surface area contributed by atoms with E-state index < -0.39 is 34.6 Å². The van der Waals surface area contributed by atoms with Gasteiger partial charge in [0.1, 0.15) is 67.1 Å². The number of aromatic nitrogens is 19. The largest absolute Gasteiger partial charge is 0.376 e. The zero-order valence-electron chi connectivity index (χ0n) is 71.9. The van der Waals surface area contributed by atoms with Crippen LogP contribution in [0, 0.1) is 62.3 Å².